The van der Waals surface area contributed by atoms with Gasteiger partial charge in [-0.2, -0.15) is 0 Å². The van der Waals surface area contributed by atoms with Crippen LogP contribution < -0.4 is 4.74 Å². The van der Waals surface area contributed by atoms with Gasteiger partial charge in [0.15, 0.2) is 6.10 Å². The minimum Gasteiger partial charge on any atom is -0.496 e. The molecule has 0 aliphatic rings. The number of carboxylic acids is 1. The van der Waals surface area contributed by atoms with Gasteiger partial charge < -0.3 is 14.9 Å². The highest BCUT2D eigenvalue weighted by Gasteiger charge is 2.24. The van der Waals surface area contributed by atoms with Crippen molar-refractivity contribution < 1.29 is 24.1 Å². The molecule has 1 unspecified atom stereocenters. The van der Waals surface area contributed by atoms with E-state index in [0.717, 1.165) is 0 Å². The summed E-state index contributed by atoms with van der Waals surface area (Å²) in [7, 11) is 1.29. The lowest BCUT2D eigenvalue weighted by Crippen LogP contribution is -2.13. The second kappa shape index (κ2) is 4.80. The van der Waals surface area contributed by atoms with Gasteiger partial charge in [-0.3, -0.25) is 0 Å². The summed E-state index contributed by atoms with van der Waals surface area (Å²) in [4.78, 5) is 10.7. The molecule has 0 bridgehead atoms. The van der Waals surface area contributed by atoms with Gasteiger partial charge in [0.05, 0.1) is 11.6 Å². The van der Waals surface area contributed by atoms with E-state index in [1.807, 2.05) is 0 Å². The average Bonchev–Trinajstić information content (AvgIpc) is 2.24. The quantitative estimate of drug-likeness (QED) is 0.894. The topological polar surface area (TPSA) is 66.8 Å². The molecule has 0 aliphatic heterocycles. The van der Waals surface area contributed by atoms with Crippen molar-refractivity contribution >= 4 is 21.9 Å². The molecule has 16 heavy (non-hydrogen) atoms. The van der Waals surface area contributed by atoms with Crippen molar-refractivity contribution in [1.82, 2.24) is 0 Å². The molecule has 2 N–H and O–H groups in total. The molecule has 0 radical (unpaired) electrons. The number of halogens is 2. The number of aliphatic hydroxyl groups is 1. The maximum atomic E-state index is 13.5. The average molecular weight is 293 g/mol. The zero-order chi connectivity index (χ0) is 12.5. The maximum Gasteiger partial charge on any atom is 0.337 e. The summed E-state index contributed by atoms with van der Waals surface area (Å²) in [6.45, 7) is 1.44. The molecule has 0 aromatic heterocycles. The van der Waals surface area contributed by atoms with Crippen LogP contribution in [-0.2, 0) is 4.79 Å². The van der Waals surface area contributed by atoms with Crippen LogP contribution in [-0.4, -0.2) is 23.3 Å². The SMILES string of the molecule is COc1c(C(O)C(=O)O)cc(Br)c(F)c1C. The van der Waals surface area contributed by atoms with E-state index in [2.05, 4.69) is 15.9 Å². The Bertz CT molecular complexity index is 433. The number of ether oxygens (including phenoxy) is 1. The van der Waals surface area contributed by atoms with Crippen LogP contribution in [0, 0.1) is 12.7 Å². The summed E-state index contributed by atoms with van der Waals surface area (Å²) in [5.74, 6) is -1.93. The van der Waals surface area contributed by atoms with E-state index in [1.54, 1.807) is 0 Å². The predicted octanol–water partition coefficient (Wildman–Crippen LogP) is 2.02. The van der Waals surface area contributed by atoms with Crippen LogP contribution in [0.25, 0.3) is 0 Å². The number of benzene rings is 1. The normalized spacial score (nSPS) is 12.3. The number of methoxy groups -OCH3 is 1. The van der Waals surface area contributed by atoms with Crippen LogP contribution >= 0.6 is 15.9 Å². The zero-order valence-electron chi connectivity index (χ0n) is 8.62. The van der Waals surface area contributed by atoms with E-state index in [0.29, 0.717) is 0 Å². The molecule has 0 spiro atoms. The molecule has 0 saturated carbocycles. The van der Waals surface area contributed by atoms with Crippen molar-refractivity contribution in [1.29, 1.82) is 0 Å². The number of carbonyl (C=O) groups is 1. The van der Waals surface area contributed by atoms with Gasteiger partial charge in [-0.1, -0.05) is 0 Å². The first kappa shape index (κ1) is 12.9. The van der Waals surface area contributed by atoms with E-state index in [9.17, 15) is 14.3 Å². The van der Waals surface area contributed by atoms with E-state index in [4.69, 9.17) is 9.84 Å². The highest BCUT2D eigenvalue weighted by molar-refractivity contribution is 9.10. The van der Waals surface area contributed by atoms with Crippen LogP contribution in [0.2, 0.25) is 0 Å². The molecule has 6 heteroatoms. The number of hydrogen-bond acceptors (Lipinski definition) is 3. The minimum absolute atomic E-state index is 0.0146. The van der Waals surface area contributed by atoms with Crippen LogP contribution in [0.5, 0.6) is 5.75 Å². The minimum atomic E-state index is -1.74. The Morgan fingerprint density at radius 3 is 2.62 bits per heavy atom. The van der Waals surface area contributed by atoms with E-state index in [-0.39, 0.29) is 21.3 Å². The van der Waals surface area contributed by atoms with Gasteiger partial charge in [0.25, 0.3) is 0 Å². The molecule has 1 rings (SSSR count). The molecule has 0 heterocycles. The highest BCUT2D eigenvalue weighted by Crippen LogP contribution is 2.34. The van der Waals surface area contributed by atoms with E-state index < -0.39 is 17.9 Å². The van der Waals surface area contributed by atoms with Crippen LogP contribution in [0.15, 0.2) is 10.5 Å². The molecule has 0 saturated heterocycles. The van der Waals surface area contributed by atoms with Gasteiger partial charge in [-0.15, -0.1) is 0 Å². The largest absolute Gasteiger partial charge is 0.496 e. The smallest absolute Gasteiger partial charge is 0.337 e. The van der Waals surface area contributed by atoms with Gasteiger partial charge >= 0.3 is 5.97 Å². The summed E-state index contributed by atoms with van der Waals surface area (Å²) < 4.78 is 18.5. The first-order valence-corrected chi connectivity index (χ1v) is 5.12. The number of rotatable bonds is 3. The van der Waals surface area contributed by atoms with E-state index in [1.165, 1.54) is 20.1 Å². The van der Waals surface area contributed by atoms with Crippen molar-refractivity contribution in [2.45, 2.75) is 13.0 Å². The number of hydrogen-bond donors (Lipinski definition) is 2. The molecule has 0 amide bonds. The monoisotopic (exact) mass is 292 g/mol. The fraction of sp³-hybridized carbons (Fsp3) is 0.300. The third-order valence-corrected chi connectivity index (χ3v) is 2.73. The fourth-order valence-corrected chi connectivity index (χ4v) is 1.91. The Morgan fingerprint density at radius 1 is 1.62 bits per heavy atom. The summed E-state index contributed by atoms with van der Waals surface area (Å²) in [5.41, 5.74) is 0.160. The summed E-state index contributed by atoms with van der Waals surface area (Å²) >= 11 is 2.94. The third-order valence-electron chi connectivity index (χ3n) is 2.16. The molecular weight excluding hydrogens is 283 g/mol. The first-order chi connectivity index (χ1) is 7.40. The van der Waals surface area contributed by atoms with Gasteiger partial charge in [0.1, 0.15) is 11.6 Å². The summed E-state index contributed by atoms with van der Waals surface area (Å²) in [5, 5.41) is 18.1. The lowest BCUT2D eigenvalue weighted by atomic mass is 10.0. The first-order valence-electron chi connectivity index (χ1n) is 4.33. The lowest BCUT2D eigenvalue weighted by Gasteiger charge is -2.15. The number of aliphatic hydroxyl groups excluding tert-OH is 1. The zero-order valence-corrected chi connectivity index (χ0v) is 10.2. The number of aliphatic carboxylic acids is 1. The number of carboxylic acid groups (broad SMARTS) is 1. The predicted molar refractivity (Wildman–Crippen MR) is 58.0 cm³/mol. The molecule has 88 valence electrons. The summed E-state index contributed by atoms with van der Waals surface area (Å²) in [6, 6.07) is 1.19. The Balaban J connectivity index is 3.44. The molecular formula is C10H10BrFO4. The van der Waals surface area contributed by atoms with Crippen molar-refractivity contribution in [2.24, 2.45) is 0 Å². The van der Waals surface area contributed by atoms with Gasteiger partial charge in [-0.05, 0) is 28.9 Å². The summed E-state index contributed by atoms with van der Waals surface area (Å²) in [6.07, 6.45) is -1.74. The second-order valence-electron chi connectivity index (χ2n) is 3.16. The van der Waals surface area contributed by atoms with Gasteiger partial charge in [-0.25, -0.2) is 9.18 Å². The maximum absolute atomic E-state index is 13.5. The van der Waals surface area contributed by atoms with Crippen LogP contribution in [0.1, 0.15) is 17.2 Å². The van der Waals surface area contributed by atoms with Crippen molar-refractivity contribution in [2.75, 3.05) is 7.11 Å². The Labute approximate surface area is 99.8 Å². The highest BCUT2D eigenvalue weighted by atomic mass is 79.9. The molecule has 1 aromatic rings. The fourth-order valence-electron chi connectivity index (χ4n) is 1.37. The molecule has 1 atom stereocenters. The van der Waals surface area contributed by atoms with Gasteiger partial charge in [0.2, 0.25) is 0 Å². The van der Waals surface area contributed by atoms with Crippen molar-refractivity contribution in [3.8, 4) is 5.75 Å². The van der Waals surface area contributed by atoms with Crippen molar-refractivity contribution in [3.63, 3.8) is 0 Å². The molecule has 0 aliphatic carbocycles. The van der Waals surface area contributed by atoms with Crippen LogP contribution in [0.3, 0.4) is 0 Å². The Kier molecular flexibility index (Phi) is 3.88. The standard InChI is InChI=1S/C10H10BrFO4/c1-4-7(12)6(11)3-5(9(4)16-2)8(13)10(14)15/h3,8,13H,1-2H3,(H,14,15). The Morgan fingerprint density at radius 2 is 2.19 bits per heavy atom. The van der Waals surface area contributed by atoms with Crippen molar-refractivity contribution in [3.05, 3.63) is 27.5 Å². The second-order valence-corrected chi connectivity index (χ2v) is 4.01. The molecule has 1 aromatic carbocycles. The lowest BCUT2D eigenvalue weighted by molar-refractivity contribution is -0.147. The van der Waals surface area contributed by atoms with Crippen LogP contribution in [0.4, 0.5) is 4.39 Å². The molecule has 0 fully saturated rings. The Hall–Kier alpha value is -1.14. The van der Waals surface area contributed by atoms with E-state index >= 15 is 0 Å². The third kappa shape index (κ3) is 2.17. The van der Waals surface area contributed by atoms with Gasteiger partial charge in [0, 0.05) is 11.1 Å². The molecule has 4 nitrogen and oxygen atoms in total.